The molecule has 0 bridgehead atoms. The van der Waals surface area contributed by atoms with E-state index in [1.54, 1.807) is 0 Å². The third-order valence-corrected chi connectivity index (χ3v) is 5.67. The zero-order valence-corrected chi connectivity index (χ0v) is 13.9. The SMILES string of the molecule is O=C(O)c1ccc(NS(=O)c2cc(-c3ccccc3)cs2)cc1O. The number of anilines is 1. The van der Waals surface area contributed by atoms with Gasteiger partial charge < -0.3 is 14.9 Å². The molecular formula is C17H13NO4S2. The quantitative estimate of drug-likeness (QED) is 0.644. The monoisotopic (exact) mass is 359 g/mol. The third-order valence-electron chi connectivity index (χ3n) is 3.30. The highest BCUT2D eigenvalue weighted by atomic mass is 32.2. The topological polar surface area (TPSA) is 86.6 Å². The molecule has 3 aromatic rings. The van der Waals surface area contributed by atoms with Crippen molar-refractivity contribution < 1.29 is 19.2 Å². The Morgan fingerprint density at radius 1 is 1.04 bits per heavy atom. The van der Waals surface area contributed by atoms with Gasteiger partial charge >= 0.3 is 5.97 Å². The molecule has 0 amide bonds. The van der Waals surface area contributed by atoms with Gasteiger partial charge in [-0.1, -0.05) is 30.3 Å². The molecule has 0 saturated carbocycles. The number of hydrogen-bond acceptors (Lipinski definition) is 4. The zero-order chi connectivity index (χ0) is 17.1. The van der Waals surface area contributed by atoms with E-state index in [1.165, 1.54) is 29.5 Å². The molecule has 0 aliphatic rings. The van der Waals surface area contributed by atoms with Gasteiger partial charge in [0.2, 0.25) is 0 Å². The van der Waals surface area contributed by atoms with Crippen molar-refractivity contribution in [2.75, 3.05) is 4.72 Å². The molecule has 3 rings (SSSR count). The number of carboxylic acid groups (broad SMARTS) is 1. The van der Waals surface area contributed by atoms with E-state index < -0.39 is 17.0 Å². The van der Waals surface area contributed by atoms with Crippen LogP contribution in [0.1, 0.15) is 10.4 Å². The molecule has 0 fully saturated rings. The van der Waals surface area contributed by atoms with E-state index in [-0.39, 0.29) is 11.3 Å². The lowest BCUT2D eigenvalue weighted by molar-refractivity contribution is 0.0694. The highest BCUT2D eigenvalue weighted by Crippen LogP contribution is 2.29. The number of carbonyl (C=O) groups is 1. The summed E-state index contributed by atoms with van der Waals surface area (Å²) in [4.78, 5) is 10.9. The van der Waals surface area contributed by atoms with Gasteiger partial charge in [-0.05, 0) is 34.7 Å². The Morgan fingerprint density at radius 2 is 1.79 bits per heavy atom. The van der Waals surface area contributed by atoms with E-state index in [0.29, 0.717) is 9.90 Å². The highest BCUT2D eigenvalue weighted by molar-refractivity contribution is 7.88. The Morgan fingerprint density at radius 3 is 2.46 bits per heavy atom. The minimum atomic E-state index is -1.50. The maximum atomic E-state index is 12.4. The van der Waals surface area contributed by atoms with Gasteiger partial charge in [0.05, 0.1) is 5.69 Å². The van der Waals surface area contributed by atoms with Crippen molar-refractivity contribution in [2.45, 2.75) is 4.21 Å². The van der Waals surface area contributed by atoms with Crippen molar-refractivity contribution in [1.29, 1.82) is 0 Å². The first-order chi connectivity index (χ1) is 11.5. The van der Waals surface area contributed by atoms with Crippen LogP contribution in [0.3, 0.4) is 0 Å². The summed E-state index contributed by atoms with van der Waals surface area (Å²) < 4.78 is 15.8. The molecule has 1 heterocycles. The van der Waals surface area contributed by atoms with Gasteiger partial charge in [0.15, 0.2) is 11.0 Å². The average molecular weight is 359 g/mol. The Hall–Kier alpha value is -2.64. The van der Waals surface area contributed by atoms with Gasteiger partial charge in [-0.3, -0.25) is 0 Å². The molecule has 0 saturated heterocycles. The van der Waals surface area contributed by atoms with Crippen molar-refractivity contribution in [3.63, 3.8) is 0 Å². The molecule has 2 aromatic carbocycles. The lowest BCUT2D eigenvalue weighted by atomic mass is 10.1. The number of thiophene rings is 1. The summed E-state index contributed by atoms with van der Waals surface area (Å²) in [5.41, 5.74) is 2.20. The van der Waals surface area contributed by atoms with E-state index in [2.05, 4.69) is 4.72 Å². The minimum absolute atomic E-state index is 0.200. The van der Waals surface area contributed by atoms with Gasteiger partial charge in [-0.25, -0.2) is 9.00 Å². The molecule has 0 radical (unpaired) electrons. The summed E-state index contributed by atoms with van der Waals surface area (Å²) in [5.74, 6) is -1.59. The summed E-state index contributed by atoms with van der Waals surface area (Å²) in [6.07, 6.45) is 0. The summed E-state index contributed by atoms with van der Waals surface area (Å²) in [5, 5.41) is 20.5. The number of nitrogens with one attached hydrogen (secondary N) is 1. The van der Waals surface area contributed by atoms with Crippen molar-refractivity contribution in [1.82, 2.24) is 0 Å². The average Bonchev–Trinajstić information content (AvgIpc) is 3.05. The molecular weight excluding hydrogens is 346 g/mol. The first-order valence-electron chi connectivity index (χ1n) is 6.93. The van der Waals surface area contributed by atoms with Crippen molar-refractivity contribution in [3.8, 4) is 16.9 Å². The van der Waals surface area contributed by atoms with Crippen molar-refractivity contribution in [2.24, 2.45) is 0 Å². The number of hydrogen-bond donors (Lipinski definition) is 3. The van der Waals surface area contributed by atoms with Crippen LogP contribution in [0.2, 0.25) is 0 Å². The standard InChI is InChI=1S/C17H13NO4S2/c19-15-9-13(6-7-14(15)17(20)21)18-24(22)16-8-12(10-23-16)11-4-2-1-3-5-11/h1-10,18-19H,(H,20,21). The molecule has 1 unspecified atom stereocenters. The highest BCUT2D eigenvalue weighted by Gasteiger charge is 2.12. The van der Waals surface area contributed by atoms with Gasteiger partial charge in [-0.15, -0.1) is 11.3 Å². The Kier molecular flexibility index (Phi) is 4.64. The summed E-state index contributed by atoms with van der Waals surface area (Å²) >= 11 is 1.36. The molecule has 122 valence electrons. The lowest BCUT2D eigenvalue weighted by Crippen LogP contribution is -2.04. The number of aromatic hydroxyl groups is 1. The summed E-state index contributed by atoms with van der Waals surface area (Å²) in [7, 11) is -1.50. The van der Waals surface area contributed by atoms with Crippen molar-refractivity contribution >= 4 is 34.0 Å². The molecule has 7 heteroatoms. The third kappa shape index (κ3) is 3.47. The smallest absolute Gasteiger partial charge is 0.339 e. The fourth-order valence-corrected chi connectivity index (χ4v) is 4.07. The molecule has 5 nitrogen and oxygen atoms in total. The van der Waals surface area contributed by atoms with Crippen LogP contribution in [0, 0.1) is 0 Å². The lowest BCUT2D eigenvalue weighted by Gasteiger charge is -2.06. The molecule has 0 spiro atoms. The summed E-state index contributed by atoms with van der Waals surface area (Å²) in [6, 6.07) is 15.6. The van der Waals surface area contributed by atoms with Gasteiger partial charge in [0, 0.05) is 6.07 Å². The second-order valence-corrected chi connectivity index (χ2v) is 7.28. The number of benzene rings is 2. The Labute approximate surface area is 144 Å². The van der Waals surface area contributed by atoms with E-state index in [4.69, 9.17) is 5.11 Å². The minimum Gasteiger partial charge on any atom is -0.507 e. The second kappa shape index (κ2) is 6.86. The maximum Gasteiger partial charge on any atom is 0.339 e. The Balaban J connectivity index is 1.77. The number of phenols is 1. The van der Waals surface area contributed by atoms with Crippen LogP contribution in [0.25, 0.3) is 11.1 Å². The molecule has 3 N–H and O–H groups in total. The van der Waals surface area contributed by atoms with E-state index in [0.717, 1.165) is 11.1 Å². The van der Waals surface area contributed by atoms with Crippen LogP contribution in [0.15, 0.2) is 64.2 Å². The second-order valence-electron chi connectivity index (χ2n) is 4.93. The first-order valence-corrected chi connectivity index (χ1v) is 8.96. The van der Waals surface area contributed by atoms with Crippen LogP contribution in [-0.4, -0.2) is 20.4 Å². The molecule has 1 atom stereocenters. The molecule has 0 aliphatic heterocycles. The number of aromatic carboxylic acids is 1. The van der Waals surface area contributed by atoms with Crippen LogP contribution in [0.5, 0.6) is 5.75 Å². The van der Waals surface area contributed by atoms with E-state index in [9.17, 15) is 14.1 Å². The maximum absolute atomic E-state index is 12.4. The van der Waals surface area contributed by atoms with Crippen LogP contribution >= 0.6 is 11.3 Å². The Bertz CT molecular complexity index is 906. The van der Waals surface area contributed by atoms with Gasteiger partial charge in [0.1, 0.15) is 15.5 Å². The van der Waals surface area contributed by atoms with Gasteiger partial charge in [0.25, 0.3) is 0 Å². The van der Waals surface area contributed by atoms with Gasteiger partial charge in [-0.2, -0.15) is 0 Å². The molecule has 0 aliphatic carbocycles. The number of carboxylic acids is 1. The predicted octanol–water partition coefficient (Wildman–Crippen LogP) is 3.95. The first kappa shape index (κ1) is 16.2. The zero-order valence-electron chi connectivity index (χ0n) is 12.3. The van der Waals surface area contributed by atoms with Crippen LogP contribution in [-0.2, 0) is 11.0 Å². The van der Waals surface area contributed by atoms with Crippen LogP contribution in [0.4, 0.5) is 5.69 Å². The largest absolute Gasteiger partial charge is 0.507 e. The summed E-state index contributed by atoms with van der Waals surface area (Å²) in [6.45, 7) is 0. The van der Waals surface area contributed by atoms with E-state index >= 15 is 0 Å². The predicted molar refractivity (Wildman–Crippen MR) is 94.9 cm³/mol. The molecule has 24 heavy (non-hydrogen) atoms. The number of rotatable bonds is 5. The normalized spacial score (nSPS) is 11.8. The van der Waals surface area contributed by atoms with Crippen LogP contribution < -0.4 is 4.72 Å². The van der Waals surface area contributed by atoms with Crippen molar-refractivity contribution in [3.05, 3.63) is 65.5 Å². The fourth-order valence-electron chi connectivity index (χ4n) is 2.13. The van der Waals surface area contributed by atoms with E-state index in [1.807, 2.05) is 41.8 Å². The fraction of sp³-hybridized carbons (Fsp3) is 0. The molecule has 1 aromatic heterocycles.